The molecule has 0 bridgehead atoms. The van der Waals surface area contributed by atoms with Crippen molar-refractivity contribution in [1.29, 1.82) is 0 Å². The summed E-state index contributed by atoms with van der Waals surface area (Å²) in [5.41, 5.74) is -0.659. The number of imide groups is 1. The normalized spacial score (nSPS) is 28.8. The van der Waals surface area contributed by atoms with E-state index in [1.165, 1.54) is 12.7 Å². The lowest BCUT2D eigenvalue weighted by Crippen LogP contribution is -2.72. The fourth-order valence-electron chi connectivity index (χ4n) is 4.22. The Morgan fingerprint density at radius 1 is 1.24 bits per heavy atom. The molecule has 2 heterocycles. The summed E-state index contributed by atoms with van der Waals surface area (Å²) in [6.45, 7) is -0.593. The van der Waals surface area contributed by atoms with Crippen molar-refractivity contribution < 1.29 is 43.2 Å². The quantitative estimate of drug-likeness (QED) is 0.307. The van der Waals surface area contributed by atoms with Gasteiger partial charge in [0.25, 0.3) is 5.79 Å². The highest BCUT2D eigenvalue weighted by molar-refractivity contribution is 6.28. The number of alkyl halides is 1. The van der Waals surface area contributed by atoms with E-state index in [4.69, 9.17) is 35.3 Å². The summed E-state index contributed by atoms with van der Waals surface area (Å²) in [4.78, 5) is 35.1. The summed E-state index contributed by atoms with van der Waals surface area (Å²) in [7, 11) is 1.33. The SMILES string of the molecule is CO[C@@H]1[C@H](OC(=O)NC(=O)CCl)CO[C@]2(COC(=O)O2)[C@@]1(O)CCCCCc1ccccc1. The molecule has 0 aliphatic carbocycles. The summed E-state index contributed by atoms with van der Waals surface area (Å²) < 4.78 is 26.6. The topological polar surface area (TPSA) is 130 Å². The molecule has 0 saturated carbocycles. The van der Waals surface area contributed by atoms with Crippen LogP contribution in [0.15, 0.2) is 30.3 Å². The summed E-state index contributed by atoms with van der Waals surface area (Å²) in [6.07, 6.45) is -1.03. The first kappa shape index (κ1) is 25.2. The molecule has 2 N–H and O–H groups in total. The maximum atomic E-state index is 12.0. The van der Waals surface area contributed by atoms with E-state index in [2.05, 4.69) is 12.1 Å². The van der Waals surface area contributed by atoms with Crippen molar-refractivity contribution in [1.82, 2.24) is 5.32 Å². The zero-order valence-corrected chi connectivity index (χ0v) is 19.0. The molecule has 3 rings (SSSR count). The first-order chi connectivity index (χ1) is 15.8. The van der Waals surface area contributed by atoms with Gasteiger partial charge in [0.1, 0.15) is 12.0 Å². The van der Waals surface area contributed by atoms with Crippen molar-refractivity contribution in [2.45, 2.75) is 55.7 Å². The number of rotatable bonds is 9. The second kappa shape index (κ2) is 11.1. The molecule has 0 unspecified atom stereocenters. The lowest BCUT2D eigenvalue weighted by molar-refractivity contribution is -0.355. The molecule has 33 heavy (non-hydrogen) atoms. The van der Waals surface area contributed by atoms with Crippen LogP contribution in [0.2, 0.25) is 0 Å². The van der Waals surface area contributed by atoms with Gasteiger partial charge in [-0.25, -0.2) is 9.59 Å². The molecule has 11 heteroatoms. The number of hydrogen-bond acceptors (Lipinski definition) is 9. The van der Waals surface area contributed by atoms with Crippen LogP contribution in [0.3, 0.4) is 0 Å². The number of hydrogen-bond donors (Lipinski definition) is 2. The van der Waals surface area contributed by atoms with Gasteiger partial charge in [-0.05, 0) is 24.8 Å². The molecule has 2 aliphatic rings. The summed E-state index contributed by atoms with van der Waals surface area (Å²) in [5.74, 6) is -2.96. The van der Waals surface area contributed by atoms with E-state index in [-0.39, 0.29) is 19.6 Å². The Labute approximate surface area is 196 Å². The molecule has 0 radical (unpaired) electrons. The van der Waals surface area contributed by atoms with Gasteiger partial charge < -0.3 is 28.8 Å². The summed E-state index contributed by atoms with van der Waals surface area (Å²) in [6, 6.07) is 10.0. The van der Waals surface area contributed by atoms with E-state index in [0.717, 1.165) is 19.3 Å². The molecule has 2 aliphatic heterocycles. The van der Waals surface area contributed by atoms with E-state index < -0.39 is 47.6 Å². The van der Waals surface area contributed by atoms with Gasteiger partial charge in [-0.1, -0.05) is 43.2 Å². The Bertz CT molecular complexity index is 838. The highest BCUT2D eigenvalue weighted by atomic mass is 35.5. The van der Waals surface area contributed by atoms with Crippen LogP contribution in [0.1, 0.15) is 31.2 Å². The lowest BCUT2D eigenvalue weighted by Gasteiger charge is -2.50. The average Bonchev–Trinajstić information content (AvgIpc) is 3.19. The number of amides is 2. The van der Waals surface area contributed by atoms with Gasteiger partial charge in [0.15, 0.2) is 18.3 Å². The van der Waals surface area contributed by atoms with Gasteiger partial charge in [0.05, 0.1) is 6.61 Å². The number of halogens is 1. The highest BCUT2D eigenvalue weighted by Crippen LogP contribution is 2.45. The first-order valence-electron chi connectivity index (χ1n) is 10.7. The third-order valence-corrected chi connectivity index (χ3v) is 6.06. The number of aryl methyl sites for hydroxylation is 1. The molecule has 2 fully saturated rings. The standard InChI is InChI=1S/C22H28ClNO9/c1-29-18-16(32-19(26)24-17(25)12-23)13-31-22(14-30-20(27)33-22)21(18,28)11-7-3-6-10-15-8-4-2-5-9-15/h2,4-5,8-9,16,18,28H,3,6-7,10-14H2,1H3,(H,24,25,26)/t16-,18-,21-,22+/m1/s1. The second-order valence-electron chi connectivity index (χ2n) is 7.96. The Kier molecular flexibility index (Phi) is 8.52. The van der Waals surface area contributed by atoms with Crippen molar-refractivity contribution in [3.8, 4) is 0 Å². The Balaban J connectivity index is 1.68. The number of cyclic esters (lactones) is 1. The zero-order valence-electron chi connectivity index (χ0n) is 18.3. The van der Waals surface area contributed by atoms with E-state index in [0.29, 0.717) is 6.42 Å². The number of aliphatic hydroxyl groups is 1. The van der Waals surface area contributed by atoms with Crippen molar-refractivity contribution in [2.75, 3.05) is 26.2 Å². The molecule has 1 spiro atoms. The van der Waals surface area contributed by atoms with Crippen LogP contribution in [-0.2, 0) is 34.9 Å². The molecule has 4 atom stereocenters. The fraction of sp³-hybridized carbons (Fsp3) is 0.591. The molecule has 1 aromatic carbocycles. The number of carbonyl (C=O) groups is 3. The largest absolute Gasteiger partial charge is 0.511 e. The van der Waals surface area contributed by atoms with Crippen molar-refractivity contribution in [2.24, 2.45) is 0 Å². The van der Waals surface area contributed by atoms with Crippen LogP contribution in [0, 0.1) is 0 Å². The number of methoxy groups -OCH3 is 1. The van der Waals surface area contributed by atoms with Crippen LogP contribution in [0.5, 0.6) is 0 Å². The maximum Gasteiger partial charge on any atom is 0.511 e. The monoisotopic (exact) mass is 485 g/mol. The predicted octanol–water partition coefficient (Wildman–Crippen LogP) is 2.29. The van der Waals surface area contributed by atoms with Gasteiger partial charge in [0.2, 0.25) is 5.91 Å². The molecular weight excluding hydrogens is 458 g/mol. The van der Waals surface area contributed by atoms with Gasteiger partial charge in [-0.2, -0.15) is 0 Å². The van der Waals surface area contributed by atoms with Crippen LogP contribution in [-0.4, -0.2) is 73.1 Å². The van der Waals surface area contributed by atoms with Gasteiger partial charge in [-0.15, -0.1) is 11.6 Å². The predicted molar refractivity (Wildman–Crippen MR) is 115 cm³/mol. The van der Waals surface area contributed by atoms with E-state index in [1.807, 2.05) is 23.5 Å². The number of unbranched alkanes of at least 4 members (excludes halogenated alkanes) is 2. The number of nitrogens with one attached hydrogen (secondary N) is 1. The van der Waals surface area contributed by atoms with Crippen molar-refractivity contribution in [3.05, 3.63) is 35.9 Å². The highest BCUT2D eigenvalue weighted by Gasteiger charge is 2.68. The first-order valence-corrected chi connectivity index (χ1v) is 11.2. The number of alkyl carbamates (subject to hydrolysis) is 1. The molecule has 0 aromatic heterocycles. The molecule has 1 aromatic rings. The number of carbonyl (C=O) groups excluding carboxylic acids is 3. The van der Waals surface area contributed by atoms with Crippen LogP contribution in [0.25, 0.3) is 0 Å². The molecule has 2 saturated heterocycles. The summed E-state index contributed by atoms with van der Waals surface area (Å²) >= 11 is 5.39. The van der Waals surface area contributed by atoms with E-state index >= 15 is 0 Å². The minimum absolute atomic E-state index is 0.124. The Hall–Kier alpha value is -2.40. The van der Waals surface area contributed by atoms with E-state index in [1.54, 1.807) is 0 Å². The second-order valence-corrected chi connectivity index (χ2v) is 8.22. The van der Waals surface area contributed by atoms with Crippen LogP contribution >= 0.6 is 11.6 Å². The third-order valence-electron chi connectivity index (χ3n) is 5.82. The molecule has 10 nitrogen and oxygen atoms in total. The van der Waals surface area contributed by atoms with E-state index in [9.17, 15) is 19.5 Å². The lowest BCUT2D eigenvalue weighted by atomic mass is 9.78. The minimum atomic E-state index is -1.87. The third kappa shape index (κ3) is 5.75. The van der Waals surface area contributed by atoms with Crippen LogP contribution < -0.4 is 5.32 Å². The minimum Gasteiger partial charge on any atom is -0.441 e. The van der Waals surface area contributed by atoms with Gasteiger partial charge in [0, 0.05) is 7.11 Å². The Morgan fingerprint density at radius 2 is 2.00 bits per heavy atom. The van der Waals surface area contributed by atoms with Crippen LogP contribution in [0.4, 0.5) is 9.59 Å². The van der Waals surface area contributed by atoms with Crippen molar-refractivity contribution in [3.63, 3.8) is 0 Å². The average molecular weight is 486 g/mol. The number of benzene rings is 1. The smallest absolute Gasteiger partial charge is 0.441 e. The summed E-state index contributed by atoms with van der Waals surface area (Å²) in [5, 5.41) is 13.7. The van der Waals surface area contributed by atoms with Gasteiger partial charge >= 0.3 is 12.2 Å². The maximum absolute atomic E-state index is 12.0. The fourth-order valence-corrected chi connectivity index (χ4v) is 4.29. The molecule has 182 valence electrons. The zero-order chi connectivity index (χ0) is 23.9. The number of ether oxygens (including phenoxy) is 5. The van der Waals surface area contributed by atoms with Gasteiger partial charge in [-0.3, -0.25) is 10.1 Å². The molecular formula is C22H28ClNO9. The Morgan fingerprint density at radius 3 is 2.64 bits per heavy atom. The van der Waals surface area contributed by atoms with Crippen molar-refractivity contribution >= 4 is 29.8 Å². The molecule has 2 amide bonds.